The van der Waals surface area contributed by atoms with Crippen LogP contribution in [0, 0.1) is 0 Å². The Hall–Kier alpha value is -1.42. The number of aromatic nitrogens is 1. The van der Waals surface area contributed by atoms with Crippen LogP contribution >= 0.6 is 11.3 Å². The topological polar surface area (TPSA) is 50.2 Å². The molecule has 2 aromatic rings. The summed E-state index contributed by atoms with van der Waals surface area (Å²) >= 11 is 1.21. The van der Waals surface area contributed by atoms with Gasteiger partial charge in [0.05, 0.1) is 10.2 Å². The monoisotopic (exact) mass is 193 g/mol. The molecule has 2 rings (SSSR count). The number of carbonyl (C=O) groups is 1. The van der Waals surface area contributed by atoms with Crippen molar-refractivity contribution in [3.8, 4) is 5.19 Å². The number of ketones is 1. The number of hydrogen-bond donors (Lipinski definition) is 1. The van der Waals surface area contributed by atoms with E-state index in [1.54, 1.807) is 18.2 Å². The SMILES string of the molecule is CC(=O)c1ccc2sc(O)nc2c1. The highest BCUT2D eigenvalue weighted by Crippen LogP contribution is 2.27. The lowest BCUT2D eigenvalue weighted by Crippen LogP contribution is -1.90. The molecule has 4 heteroatoms. The van der Waals surface area contributed by atoms with Gasteiger partial charge in [-0.25, -0.2) is 4.98 Å². The zero-order chi connectivity index (χ0) is 9.42. The van der Waals surface area contributed by atoms with Gasteiger partial charge in [-0.3, -0.25) is 4.79 Å². The molecule has 0 radical (unpaired) electrons. The molecule has 0 aliphatic rings. The molecular formula is C9H7NO2S. The molecule has 13 heavy (non-hydrogen) atoms. The number of hydrogen-bond acceptors (Lipinski definition) is 4. The van der Waals surface area contributed by atoms with Gasteiger partial charge in [-0.1, -0.05) is 11.3 Å². The summed E-state index contributed by atoms with van der Waals surface area (Å²) in [5.74, 6) is 0.00869. The van der Waals surface area contributed by atoms with Crippen molar-refractivity contribution >= 4 is 27.3 Å². The summed E-state index contributed by atoms with van der Waals surface area (Å²) in [5, 5.41) is 9.15. The van der Waals surface area contributed by atoms with Gasteiger partial charge in [0.25, 0.3) is 5.19 Å². The second kappa shape index (κ2) is 2.81. The van der Waals surface area contributed by atoms with E-state index in [0.717, 1.165) is 4.70 Å². The van der Waals surface area contributed by atoms with Gasteiger partial charge in [0.15, 0.2) is 5.78 Å². The van der Waals surface area contributed by atoms with Crippen molar-refractivity contribution in [2.24, 2.45) is 0 Å². The molecular weight excluding hydrogens is 186 g/mol. The molecule has 0 saturated heterocycles. The van der Waals surface area contributed by atoms with Crippen molar-refractivity contribution in [1.29, 1.82) is 0 Å². The van der Waals surface area contributed by atoms with Gasteiger partial charge in [0.1, 0.15) is 0 Å². The number of carbonyl (C=O) groups excluding carboxylic acids is 1. The Bertz CT molecular complexity index is 475. The van der Waals surface area contributed by atoms with E-state index < -0.39 is 0 Å². The van der Waals surface area contributed by atoms with E-state index in [1.165, 1.54) is 18.3 Å². The minimum atomic E-state index is 0.00869. The summed E-state index contributed by atoms with van der Waals surface area (Å²) in [6.45, 7) is 1.51. The van der Waals surface area contributed by atoms with Gasteiger partial charge < -0.3 is 5.11 Å². The first-order valence-corrected chi connectivity index (χ1v) is 4.59. The van der Waals surface area contributed by atoms with Crippen molar-refractivity contribution in [3.63, 3.8) is 0 Å². The average Bonchev–Trinajstić information content (AvgIpc) is 2.42. The van der Waals surface area contributed by atoms with Crippen LogP contribution in [0.2, 0.25) is 0 Å². The second-order valence-corrected chi connectivity index (χ2v) is 3.74. The third kappa shape index (κ3) is 1.40. The highest BCUT2D eigenvalue weighted by atomic mass is 32.1. The van der Waals surface area contributed by atoms with E-state index in [1.807, 2.05) is 0 Å². The van der Waals surface area contributed by atoms with E-state index in [2.05, 4.69) is 4.98 Å². The normalized spacial score (nSPS) is 10.5. The van der Waals surface area contributed by atoms with E-state index in [0.29, 0.717) is 11.1 Å². The van der Waals surface area contributed by atoms with Crippen LogP contribution in [0.3, 0.4) is 0 Å². The number of benzene rings is 1. The molecule has 1 heterocycles. The molecule has 0 spiro atoms. The van der Waals surface area contributed by atoms with Crippen LogP contribution < -0.4 is 0 Å². The highest BCUT2D eigenvalue weighted by molar-refractivity contribution is 7.20. The molecule has 3 nitrogen and oxygen atoms in total. The minimum absolute atomic E-state index is 0.00869. The lowest BCUT2D eigenvalue weighted by molar-refractivity contribution is 0.101. The Morgan fingerprint density at radius 1 is 1.54 bits per heavy atom. The number of Topliss-reactive ketones (excluding diaryl/α,β-unsaturated/α-hetero) is 1. The standard InChI is InChI=1S/C9H7NO2S/c1-5(11)6-2-3-8-7(4-6)10-9(12)13-8/h2-4H,1H3,(H,10,12). The molecule has 0 amide bonds. The van der Waals surface area contributed by atoms with Crippen molar-refractivity contribution in [1.82, 2.24) is 4.98 Å². The zero-order valence-electron chi connectivity index (χ0n) is 6.94. The van der Waals surface area contributed by atoms with Crippen LogP contribution in [0.1, 0.15) is 17.3 Å². The Labute approximate surface area is 78.7 Å². The Balaban J connectivity index is 2.67. The van der Waals surface area contributed by atoms with Crippen molar-refractivity contribution < 1.29 is 9.90 Å². The van der Waals surface area contributed by atoms with Crippen molar-refractivity contribution in [2.75, 3.05) is 0 Å². The van der Waals surface area contributed by atoms with Gasteiger partial charge >= 0.3 is 0 Å². The predicted molar refractivity (Wildman–Crippen MR) is 51.3 cm³/mol. The van der Waals surface area contributed by atoms with Gasteiger partial charge in [0.2, 0.25) is 0 Å². The summed E-state index contributed by atoms with van der Waals surface area (Å²) in [4.78, 5) is 14.9. The number of thiazole rings is 1. The molecule has 0 aliphatic heterocycles. The summed E-state index contributed by atoms with van der Waals surface area (Å²) in [6, 6.07) is 5.22. The van der Waals surface area contributed by atoms with E-state index >= 15 is 0 Å². The van der Waals surface area contributed by atoms with E-state index in [9.17, 15) is 4.79 Å². The van der Waals surface area contributed by atoms with Crippen LogP contribution in [-0.2, 0) is 0 Å². The highest BCUT2D eigenvalue weighted by Gasteiger charge is 2.05. The molecule has 0 atom stereocenters. The van der Waals surface area contributed by atoms with Gasteiger partial charge in [-0.15, -0.1) is 0 Å². The van der Waals surface area contributed by atoms with Gasteiger partial charge in [-0.2, -0.15) is 0 Å². The summed E-state index contributed by atoms with van der Waals surface area (Å²) in [5.41, 5.74) is 1.30. The third-order valence-electron chi connectivity index (χ3n) is 1.78. The number of rotatable bonds is 1. The molecule has 0 aliphatic carbocycles. The Morgan fingerprint density at radius 2 is 2.31 bits per heavy atom. The third-order valence-corrected chi connectivity index (χ3v) is 2.62. The molecule has 0 bridgehead atoms. The van der Waals surface area contributed by atoms with Crippen LogP contribution in [-0.4, -0.2) is 15.9 Å². The average molecular weight is 193 g/mol. The molecule has 1 aromatic heterocycles. The lowest BCUT2D eigenvalue weighted by atomic mass is 10.1. The first kappa shape index (κ1) is 8.19. The Kier molecular flexibility index (Phi) is 1.77. The molecule has 0 saturated carbocycles. The summed E-state index contributed by atoms with van der Waals surface area (Å²) in [7, 11) is 0. The van der Waals surface area contributed by atoms with Crippen LogP contribution in [0.5, 0.6) is 5.19 Å². The van der Waals surface area contributed by atoms with E-state index in [4.69, 9.17) is 5.11 Å². The molecule has 0 fully saturated rings. The maximum absolute atomic E-state index is 11.0. The zero-order valence-corrected chi connectivity index (χ0v) is 7.76. The predicted octanol–water partition coefficient (Wildman–Crippen LogP) is 2.20. The smallest absolute Gasteiger partial charge is 0.271 e. The molecule has 66 valence electrons. The fourth-order valence-corrected chi connectivity index (χ4v) is 1.82. The number of nitrogens with zero attached hydrogens (tertiary/aromatic N) is 1. The van der Waals surface area contributed by atoms with Crippen molar-refractivity contribution in [2.45, 2.75) is 6.92 Å². The lowest BCUT2D eigenvalue weighted by Gasteiger charge is -1.92. The Morgan fingerprint density at radius 3 is 3.00 bits per heavy atom. The molecule has 1 N–H and O–H groups in total. The maximum Gasteiger partial charge on any atom is 0.271 e. The minimum Gasteiger partial charge on any atom is -0.486 e. The fourth-order valence-electron chi connectivity index (χ4n) is 1.13. The maximum atomic E-state index is 11.0. The quantitative estimate of drug-likeness (QED) is 0.706. The molecule has 0 unspecified atom stereocenters. The number of fused-ring (bicyclic) bond motifs is 1. The van der Waals surface area contributed by atoms with Gasteiger partial charge in [-0.05, 0) is 25.1 Å². The summed E-state index contributed by atoms with van der Waals surface area (Å²) in [6.07, 6.45) is 0. The van der Waals surface area contributed by atoms with Crippen LogP contribution in [0.15, 0.2) is 18.2 Å². The second-order valence-electron chi connectivity index (χ2n) is 2.74. The first-order chi connectivity index (χ1) is 6.16. The van der Waals surface area contributed by atoms with Gasteiger partial charge in [0, 0.05) is 5.56 Å². The first-order valence-electron chi connectivity index (χ1n) is 3.77. The number of aromatic hydroxyl groups is 1. The largest absolute Gasteiger partial charge is 0.486 e. The van der Waals surface area contributed by atoms with E-state index in [-0.39, 0.29) is 11.0 Å². The molecule has 1 aromatic carbocycles. The fraction of sp³-hybridized carbons (Fsp3) is 0.111. The summed E-state index contributed by atoms with van der Waals surface area (Å²) < 4.78 is 0.891. The van der Waals surface area contributed by atoms with Crippen LogP contribution in [0.4, 0.5) is 0 Å². The van der Waals surface area contributed by atoms with Crippen molar-refractivity contribution in [3.05, 3.63) is 23.8 Å². The van der Waals surface area contributed by atoms with Crippen LogP contribution in [0.25, 0.3) is 10.2 Å².